The van der Waals surface area contributed by atoms with E-state index >= 15 is 0 Å². The van der Waals surface area contributed by atoms with Crippen LogP contribution >= 0.6 is 0 Å². The van der Waals surface area contributed by atoms with E-state index in [1.165, 1.54) is 44.1 Å². The molecule has 0 heterocycles. The van der Waals surface area contributed by atoms with E-state index in [1.807, 2.05) is 6.07 Å². The summed E-state index contributed by atoms with van der Waals surface area (Å²) in [7, 11) is 0. The summed E-state index contributed by atoms with van der Waals surface area (Å²) in [6.07, 6.45) is 8.92. The monoisotopic (exact) mass is 275 g/mol. The van der Waals surface area contributed by atoms with Gasteiger partial charge in [0.1, 0.15) is 5.82 Å². The van der Waals surface area contributed by atoms with Crippen molar-refractivity contribution in [3.63, 3.8) is 0 Å². The lowest BCUT2D eigenvalue weighted by atomic mass is 9.81. The summed E-state index contributed by atoms with van der Waals surface area (Å²) in [6, 6.07) is 6.37. The molecule has 20 heavy (non-hydrogen) atoms. The Balaban J connectivity index is 1.78. The van der Waals surface area contributed by atoms with Crippen LogP contribution in [0, 0.1) is 18.7 Å². The van der Waals surface area contributed by atoms with Crippen LogP contribution in [-0.4, -0.2) is 12.6 Å². The molecule has 3 rings (SSSR count). The normalized spacial score (nSPS) is 27.3. The van der Waals surface area contributed by atoms with Crippen LogP contribution in [0.1, 0.15) is 62.0 Å². The Labute approximate surface area is 122 Å². The molecule has 2 saturated carbocycles. The zero-order valence-electron chi connectivity index (χ0n) is 12.5. The number of halogens is 1. The molecule has 0 saturated heterocycles. The molecule has 0 aromatic heterocycles. The predicted molar refractivity (Wildman–Crippen MR) is 81.5 cm³/mol. The van der Waals surface area contributed by atoms with Crippen molar-refractivity contribution in [3.05, 3.63) is 35.1 Å². The van der Waals surface area contributed by atoms with Crippen LogP contribution < -0.4 is 5.32 Å². The van der Waals surface area contributed by atoms with Crippen molar-refractivity contribution in [1.82, 2.24) is 5.32 Å². The quantitative estimate of drug-likeness (QED) is 0.795. The van der Waals surface area contributed by atoms with Gasteiger partial charge in [0.15, 0.2) is 0 Å². The summed E-state index contributed by atoms with van der Waals surface area (Å²) in [5, 5.41) is 3.67. The van der Waals surface area contributed by atoms with Crippen LogP contribution in [0.4, 0.5) is 4.39 Å². The predicted octanol–water partition coefficient (Wildman–Crippen LogP) is 4.55. The molecule has 2 fully saturated rings. The lowest BCUT2D eigenvalue weighted by molar-refractivity contribution is 0.365. The molecule has 110 valence electrons. The fourth-order valence-corrected chi connectivity index (χ4v) is 3.59. The van der Waals surface area contributed by atoms with Crippen molar-refractivity contribution in [2.45, 2.75) is 63.8 Å². The third-order valence-corrected chi connectivity index (χ3v) is 4.96. The van der Waals surface area contributed by atoms with Gasteiger partial charge in [-0.25, -0.2) is 4.39 Å². The fraction of sp³-hybridized carbons (Fsp3) is 0.667. The molecule has 2 aliphatic rings. The first-order chi connectivity index (χ1) is 9.74. The third kappa shape index (κ3) is 3.41. The van der Waals surface area contributed by atoms with Gasteiger partial charge < -0.3 is 5.32 Å². The average Bonchev–Trinajstić information content (AvgIpc) is 3.25. The van der Waals surface area contributed by atoms with Gasteiger partial charge in [0.05, 0.1) is 0 Å². The second-order valence-electron chi connectivity index (χ2n) is 6.71. The van der Waals surface area contributed by atoms with E-state index in [1.54, 1.807) is 6.07 Å². The SMILES string of the molecule is Cc1ccc(F)c(C2CCCCCC2CNC2CC2)c1. The molecular weight excluding hydrogens is 249 g/mol. The highest BCUT2D eigenvalue weighted by Crippen LogP contribution is 2.38. The van der Waals surface area contributed by atoms with E-state index < -0.39 is 0 Å². The molecule has 0 amide bonds. The maximum Gasteiger partial charge on any atom is 0.126 e. The Hall–Kier alpha value is -0.890. The first-order valence-corrected chi connectivity index (χ1v) is 8.23. The van der Waals surface area contributed by atoms with E-state index in [9.17, 15) is 4.39 Å². The van der Waals surface area contributed by atoms with Gasteiger partial charge in [0.25, 0.3) is 0 Å². The molecule has 2 atom stereocenters. The molecule has 0 spiro atoms. The van der Waals surface area contributed by atoms with E-state index in [4.69, 9.17) is 0 Å². The molecule has 1 nitrogen and oxygen atoms in total. The number of hydrogen-bond acceptors (Lipinski definition) is 1. The summed E-state index contributed by atoms with van der Waals surface area (Å²) in [5.74, 6) is 1.01. The number of benzene rings is 1. The van der Waals surface area contributed by atoms with Gasteiger partial charge in [0, 0.05) is 6.04 Å². The largest absolute Gasteiger partial charge is 0.314 e. The zero-order chi connectivity index (χ0) is 13.9. The Morgan fingerprint density at radius 2 is 1.90 bits per heavy atom. The van der Waals surface area contributed by atoms with Crippen LogP contribution in [0.2, 0.25) is 0 Å². The highest BCUT2D eigenvalue weighted by Gasteiger charge is 2.29. The molecule has 0 aliphatic heterocycles. The summed E-state index contributed by atoms with van der Waals surface area (Å²) in [4.78, 5) is 0. The van der Waals surface area contributed by atoms with Crippen molar-refractivity contribution in [2.75, 3.05) is 6.54 Å². The average molecular weight is 275 g/mol. The van der Waals surface area contributed by atoms with Gasteiger partial charge >= 0.3 is 0 Å². The van der Waals surface area contributed by atoms with E-state index in [0.717, 1.165) is 24.6 Å². The first-order valence-electron chi connectivity index (χ1n) is 8.23. The Bertz CT molecular complexity index is 453. The minimum atomic E-state index is -0.000998. The van der Waals surface area contributed by atoms with Gasteiger partial charge in [-0.1, -0.05) is 37.0 Å². The van der Waals surface area contributed by atoms with Gasteiger partial charge in [0.2, 0.25) is 0 Å². The van der Waals surface area contributed by atoms with Crippen LogP contribution in [0.5, 0.6) is 0 Å². The molecule has 2 unspecified atom stereocenters. The Kier molecular flexibility index (Phi) is 4.40. The van der Waals surface area contributed by atoms with Crippen molar-refractivity contribution in [1.29, 1.82) is 0 Å². The molecular formula is C18H26FN. The number of rotatable bonds is 4. The standard InChI is InChI=1S/C18H26FN/c1-13-7-10-18(19)17(11-13)16-6-4-2-3-5-14(16)12-20-15-8-9-15/h7,10-11,14-16,20H,2-6,8-9,12H2,1H3. The minimum absolute atomic E-state index is 0.000998. The maximum absolute atomic E-state index is 14.3. The molecule has 0 radical (unpaired) electrons. The lowest BCUT2D eigenvalue weighted by Crippen LogP contribution is -2.28. The second kappa shape index (κ2) is 6.26. The Morgan fingerprint density at radius 3 is 2.70 bits per heavy atom. The highest BCUT2D eigenvalue weighted by atomic mass is 19.1. The smallest absolute Gasteiger partial charge is 0.126 e. The van der Waals surface area contributed by atoms with Crippen LogP contribution in [0.3, 0.4) is 0 Å². The number of nitrogens with one attached hydrogen (secondary N) is 1. The minimum Gasteiger partial charge on any atom is -0.314 e. The maximum atomic E-state index is 14.3. The zero-order valence-corrected chi connectivity index (χ0v) is 12.5. The van der Waals surface area contributed by atoms with E-state index in [2.05, 4.69) is 18.3 Å². The van der Waals surface area contributed by atoms with Crippen LogP contribution in [0.15, 0.2) is 18.2 Å². The summed E-state index contributed by atoms with van der Waals surface area (Å²) < 4.78 is 14.3. The van der Waals surface area contributed by atoms with Gasteiger partial charge in [-0.15, -0.1) is 0 Å². The topological polar surface area (TPSA) is 12.0 Å². The number of hydrogen-bond donors (Lipinski definition) is 1. The molecule has 1 aromatic carbocycles. The molecule has 2 aliphatic carbocycles. The molecule has 1 N–H and O–H groups in total. The van der Waals surface area contributed by atoms with E-state index in [-0.39, 0.29) is 5.82 Å². The van der Waals surface area contributed by atoms with Crippen molar-refractivity contribution >= 4 is 0 Å². The van der Waals surface area contributed by atoms with Crippen molar-refractivity contribution in [2.24, 2.45) is 5.92 Å². The lowest BCUT2D eigenvalue weighted by Gasteiger charge is -2.26. The summed E-state index contributed by atoms with van der Waals surface area (Å²) in [6.45, 7) is 3.14. The first kappa shape index (κ1) is 14.1. The second-order valence-corrected chi connectivity index (χ2v) is 6.71. The Morgan fingerprint density at radius 1 is 1.10 bits per heavy atom. The van der Waals surface area contributed by atoms with Crippen molar-refractivity contribution < 1.29 is 4.39 Å². The molecule has 0 bridgehead atoms. The van der Waals surface area contributed by atoms with Crippen molar-refractivity contribution in [3.8, 4) is 0 Å². The van der Waals surface area contributed by atoms with Crippen LogP contribution in [-0.2, 0) is 0 Å². The number of aryl methyl sites for hydroxylation is 1. The summed E-state index contributed by atoms with van der Waals surface area (Å²) >= 11 is 0. The van der Waals surface area contributed by atoms with Gasteiger partial charge in [-0.05, 0) is 62.6 Å². The summed E-state index contributed by atoms with van der Waals surface area (Å²) in [5.41, 5.74) is 2.15. The molecule has 2 heteroatoms. The van der Waals surface area contributed by atoms with E-state index in [0.29, 0.717) is 11.8 Å². The fourth-order valence-electron chi connectivity index (χ4n) is 3.59. The third-order valence-electron chi connectivity index (χ3n) is 4.96. The van der Waals surface area contributed by atoms with Gasteiger partial charge in [-0.3, -0.25) is 0 Å². The van der Waals surface area contributed by atoms with Crippen LogP contribution in [0.25, 0.3) is 0 Å². The highest BCUT2D eigenvalue weighted by molar-refractivity contribution is 5.28. The van der Waals surface area contributed by atoms with Gasteiger partial charge in [-0.2, -0.15) is 0 Å². The molecule has 1 aromatic rings.